The molecule has 34 heavy (non-hydrogen) atoms. The van der Waals surface area contributed by atoms with Crippen LogP contribution >= 0.6 is 11.6 Å². The summed E-state index contributed by atoms with van der Waals surface area (Å²) in [7, 11) is 0. The topological polar surface area (TPSA) is 84.4 Å². The Morgan fingerprint density at radius 1 is 0.941 bits per heavy atom. The van der Waals surface area contributed by atoms with Gasteiger partial charge in [0.25, 0.3) is 11.8 Å². The molecule has 0 bridgehead atoms. The first-order chi connectivity index (χ1) is 16.6. The van der Waals surface area contributed by atoms with Crippen molar-refractivity contribution in [1.82, 2.24) is 15.3 Å². The third-order valence-electron chi connectivity index (χ3n) is 5.39. The molecule has 0 fully saturated rings. The Kier molecular flexibility index (Phi) is 5.93. The Hall–Kier alpha value is -4.23. The maximum absolute atomic E-state index is 13.8. The number of halogens is 1. The molecule has 4 aromatic rings. The number of hydrogen-bond donors (Lipinski definition) is 1. The van der Waals surface area contributed by atoms with E-state index >= 15 is 0 Å². The maximum Gasteiger partial charge on any atom is 0.271 e. The van der Waals surface area contributed by atoms with Gasteiger partial charge >= 0.3 is 0 Å². The van der Waals surface area contributed by atoms with Crippen LogP contribution in [0.3, 0.4) is 0 Å². The second kappa shape index (κ2) is 9.33. The minimum atomic E-state index is -0.465. The molecule has 0 atom stereocenters. The number of fused-ring (bicyclic) bond motifs is 2. The summed E-state index contributed by atoms with van der Waals surface area (Å²) in [5.41, 5.74) is 2.24. The number of carbonyl (C=O) groups is 2. The van der Waals surface area contributed by atoms with Gasteiger partial charge in [-0.05, 0) is 48.5 Å². The van der Waals surface area contributed by atoms with Gasteiger partial charge in [-0.25, -0.2) is 0 Å². The smallest absolute Gasteiger partial charge is 0.271 e. The summed E-state index contributed by atoms with van der Waals surface area (Å²) in [5, 5.41) is 3.25. The lowest BCUT2D eigenvalue weighted by atomic mass is 10.1. The molecule has 168 valence electrons. The molecule has 1 aliphatic heterocycles. The summed E-state index contributed by atoms with van der Waals surface area (Å²) in [6, 6.07) is 21.3. The minimum absolute atomic E-state index is 0.0328. The summed E-state index contributed by atoms with van der Waals surface area (Å²) in [6.07, 6.45) is 3.14. The average molecular weight is 471 g/mol. The molecule has 2 aromatic carbocycles. The molecule has 0 saturated heterocycles. The number of nitrogens with one attached hydrogen (secondary N) is 1. The highest BCUT2D eigenvalue weighted by molar-refractivity contribution is 6.31. The van der Waals surface area contributed by atoms with Crippen LogP contribution in [0.5, 0.6) is 11.5 Å². The number of anilines is 1. The van der Waals surface area contributed by atoms with Crippen LogP contribution in [0.15, 0.2) is 85.2 Å². The largest absolute Gasteiger partial charge is 0.455 e. The van der Waals surface area contributed by atoms with Crippen LogP contribution in [0.1, 0.15) is 32.1 Å². The second-order valence-corrected chi connectivity index (χ2v) is 8.05. The number of rotatable bonds is 4. The van der Waals surface area contributed by atoms with Crippen molar-refractivity contribution >= 4 is 29.1 Å². The van der Waals surface area contributed by atoms with E-state index in [0.717, 1.165) is 5.56 Å². The van der Waals surface area contributed by atoms with Crippen LogP contribution in [0, 0.1) is 0 Å². The number of para-hydroxylation sites is 1. The lowest BCUT2D eigenvalue weighted by Crippen LogP contribution is -2.33. The Balaban J connectivity index is 1.50. The van der Waals surface area contributed by atoms with E-state index < -0.39 is 5.91 Å². The van der Waals surface area contributed by atoms with Crippen LogP contribution in [0.25, 0.3) is 0 Å². The van der Waals surface area contributed by atoms with Gasteiger partial charge in [-0.1, -0.05) is 35.9 Å². The maximum atomic E-state index is 13.8. The van der Waals surface area contributed by atoms with E-state index in [9.17, 15) is 9.59 Å². The zero-order chi connectivity index (χ0) is 23.5. The summed E-state index contributed by atoms with van der Waals surface area (Å²) in [4.78, 5) is 36.8. The predicted octanol–water partition coefficient (Wildman–Crippen LogP) is 5.01. The van der Waals surface area contributed by atoms with Gasteiger partial charge in [-0.15, -0.1) is 0 Å². The summed E-state index contributed by atoms with van der Waals surface area (Å²) < 4.78 is 6.08. The fourth-order valence-electron chi connectivity index (χ4n) is 3.74. The number of carbonyl (C=O) groups excluding carboxylic acids is 2. The van der Waals surface area contributed by atoms with Crippen molar-refractivity contribution in [1.29, 1.82) is 0 Å². The third kappa shape index (κ3) is 4.33. The van der Waals surface area contributed by atoms with Gasteiger partial charge in [0.2, 0.25) is 0 Å². The van der Waals surface area contributed by atoms with Gasteiger partial charge in [0, 0.05) is 23.0 Å². The van der Waals surface area contributed by atoms with Gasteiger partial charge in [-0.2, -0.15) is 0 Å². The van der Waals surface area contributed by atoms with Crippen molar-refractivity contribution in [3.8, 4) is 11.5 Å². The highest BCUT2D eigenvalue weighted by Gasteiger charge is 2.29. The number of amides is 2. The molecule has 0 spiro atoms. The minimum Gasteiger partial charge on any atom is -0.455 e. The van der Waals surface area contributed by atoms with E-state index in [1.807, 2.05) is 30.3 Å². The molecule has 1 aliphatic rings. The number of benzene rings is 2. The first kappa shape index (κ1) is 21.6. The lowest BCUT2D eigenvalue weighted by Gasteiger charge is -2.23. The number of pyridine rings is 2. The Morgan fingerprint density at radius 2 is 1.76 bits per heavy atom. The van der Waals surface area contributed by atoms with Gasteiger partial charge in [0.15, 0.2) is 5.75 Å². The third-order valence-corrected chi connectivity index (χ3v) is 5.62. The summed E-state index contributed by atoms with van der Waals surface area (Å²) in [5.74, 6) is 0.293. The van der Waals surface area contributed by atoms with Gasteiger partial charge in [0.1, 0.15) is 11.4 Å². The first-order valence-corrected chi connectivity index (χ1v) is 11.0. The van der Waals surface area contributed by atoms with E-state index in [1.165, 1.54) is 6.20 Å². The van der Waals surface area contributed by atoms with E-state index in [2.05, 4.69) is 15.3 Å². The average Bonchev–Trinajstić information content (AvgIpc) is 3.04. The Bertz CT molecular complexity index is 1380. The van der Waals surface area contributed by atoms with Crippen molar-refractivity contribution in [3.63, 3.8) is 0 Å². The standard InChI is InChI=1S/C26H19ClN4O3/c27-18-10-11-23-21(14-18)31(16-17-6-1-2-9-22(17)34-23)26(33)20-8-5-13-29-24(20)25(32)30-15-19-7-3-4-12-28-19/h1-14H,15-16H2,(H,30,32). The molecule has 1 N–H and O–H groups in total. The van der Waals surface area contributed by atoms with E-state index in [1.54, 1.807) is 53.6 Å². The fraction of sp³-hybridized carbons (Fsp3) is 0.0769. The molecule has 2 amide bonds. The lowest BCUT2D eigenvalue weighted by molar-refractivity contribution is 0.0925. The number of nitrogens with zero attached hydrogens (tertiary/aromatic N) is 3. The van der Waals surface area contributed by atoms with Crippen LogP contribution in [0.2, 0.25) is 5.02 Å². The molecule has 0 radical (unpaired) electrons. The zero-order valence-electron chi connectivity index (χ0n) is 17.9. The summed E-state index contributed by atoms with van der Waals surface area (Å²) >= 11 is 6.26. The SMILES string of the molecule is O=C(NCc1ccccn1)c1ncccc1C(=O)N1Cc2ccccc2Oc2ccc(Cl)cc21. The highest BCUT2D eigenvalue weighted by Crippen LogP contribution is 2.41. The van der Waals surface area contributed by atoms with Crippen molar-refractivity contribution in [2.45, 2.75) is 13.1 Å². The zero-order valence-corrected chi connectivity index (χ0v) is 18.7. The monoisotopic (exact) mass is 470 g/mol. The summed E-state index contributed by atoms with van der Waals surface area (Å²) in [6.45, 7) is 0.458. The molecule has 2 aromatic heterocycles. The molecule has 8 heteroatoms. The number of hydrogen-bond acceptors (Lipinski definition) is 5. The highest BCUT2D eigenvalue weighted by atomic mass is 35.5. The van der Waals surface area contributed by atoms with Crippen molar-refractivity contribution in [2.24, 2.45) is 0 Å². The molecule has 7 nitrogen and oxygen atoms in total. The van der Waals surface area contributed by atoms with Crippen molar-refractivity contribution < 1.29 is 14.3 Å². The first-order valence-electron chi connectivity index (χ1n) is 10.6. The van der Waals surface area contributed by atoms with Crippen LogP contribution in [0.4, 0.5) is 5.69 Å². The fourth-order valence-corrected chi connectivity index (χ4v) is 3.90. The van der Waals surface area contributed by atoms with E-state index in [4.69, 9.17) is 16.3 Å². The van der Waals surface area contributed by atoms with Crippen molar-refractivity contribution in [3.05, 3.63) is 113 Å². The van der Waals surface area contributed by atoms with Gasteiger partial charge in [0.05, 0.1) is 30.0 Å². The van der Waals surface area contributed by atoms with E-state index in [0.29, 0.717) is 27.9 Å². The quantitative estimate of drug-likeness (QED) is 0.453. The molecular weight excluding hydrogens is 452 g/mol. The molecular formula is C26H19ClN4O3. The molecule has 0 saturated carbocycles. The molecule has 0 unspecified atom stereocenters. The predicted molar refractivity (Wildman–Crippen MR) is 128 cm³/mol. The van der Waals surface area contributed by atoms with Crippen LogP contribution < -0.4 is 15.0 Å². The number of aromatic nitrogens is 2. The normalized spacial score (nSPS) is 12.1. The van der Waals surface area contributed by atoms with Crippen LogP contribution in [-0.2, 0) is 13.1 Å². The van der Waals surface area contributed by atoms with Crippen molar-refractivity contribution in [2.75, 3.05) is 4.90 Å². The number of ether oxygens (including phenoxy) is 1. The van der Waals surface area contributed by atoms with Gasteiger partial charge in [-0.3, -0.25) is 19.6 Å². The van der Waals surface area contributed by atoms with Gasteiger partial charge < -0.3 is 15.0 Å². The van der Waals surface area contributed by atoms with E-state index in [-0.39, 0.29) is 30.3 Å². The molecule has 3 heterocycles. The molecule has 0 aliphatic carbocycles. The molecule has 5 rings (SSSR count). The second-order valence-electron chi connectivity index (χ2n) is 7.62. The Morgan fingerprint density at radius 3 is 2.62 bits per heavy atom. The Labute approximate surface area is 201 Å². The van der Waals surface area contributed by atoms with Crippen LogP contribution in [-0.4, -0.2) is 21.8 Å².